The van der Waals surface area contributed by atoms with E-state index in [0.29, 0.717) is 12.3 Å². The number of hydrogen-bond acceptors (Lipinski definition) is 4. The van der Waals surface area contributed by atoms with Gasteiger partial charge in [0.15, 0.2) is 0 Å². The maximum Gasteiger partial charge on any atom is 0.371 e. The van der Waals surface area contributed by atoms with Crippen LogP contribution in [0, 0.1) is 11.3 Å². The number of carboxylic acid groups (broad SMARTS) is 1. The summed E-state index contributed by atoms with van der Waals surface area (Å²) in [5, 5.41) is 22.5. The van der Waals surface area contributed by atoms with Crippen molar-refractivity contribution >= 4 is 28.9 Å². The number of hydrogen-bond donors (Lipinski definition) is 2. The van der Waals surface area contributed by atoms with Crippen molar-refractivity contribution in [3.8, 4) is 6.07 Å². The van der Waals surface area contributed by atoms with E-state index in [9.17, 15) is 14.9 Å². The summed E-state index contributed by atoms with van der Waals surface area (Å²) in [6, 6.07) is 12.9. The molecule has 1 saturated carbocycles. The number of nitrogens with one attached hydrogen (secondary N) is 1. The third-order valence-electron chi connectivity index (χ3n) is 5.62. The molecule has 0 bridgehead atoms. The lowest BCUT2D eigenvalue weighted by atomic mass is 9.95. The molecule has 1 aliphatic carbocycles. The molecule has 2 N–H and O–H groups in total. The van der Waals surface area contributed by atoms with Gasteiger partial charge in [-0.1, -0.05) is 37.5 Å². The average molecular weight is 417 g/mol. The number of aromatic carboxylic acids is 1. The van der Waals surface area contributed by atoms with Gasteiger partial charge in [0.05, 0.1) is 6.54 Å². The standard InChI is InChI=1S/C24H23N3O4/c25-13-16(23(28)26-18-6-2-1-3-7-18)12-17-14-27(21-9-5-4-8-20(17)21)15-19-10-11-22(31-19)24(29)30/h4-5,8-12,14,18H,1-3,6-7,15H2,(H,26,28)(H,29,30). The van der Waals surface area contributed by atoms with E-state index in [1.165, 1.54) is 12.5 Å². The van der Waals surface area contributed by atoms with Crippen molar-refractivity contribution in [1.82, 2.24) is 9.88 Å². The number of benzene rings is 1. The van der Waals surface area contributed by atoms with E-state index in [2.05, 4.69) is 5.32 Å². The summed E-state index contributed by atoms with van der Waals surface area (Å²) < 4.78 is 7.30. The van der Waals surface area contributed by atoms with Crippen LogP contribution in [0.1, 0.15) is 54.0 Å². The first kappa shape index (κ1) is 20.5. The second-order valence-corrected chi connectivity index (χ2v) is 7.78. The summed E-state index contributed by atoms with van der Waals surface area (Å²) in [5.41, 5.74) is 1.71. The van der Waals surface area contributed by atoms with Crippen LogP contribution < -0.4 is 5.32 Å². The zero-order valence-corrected chi connectivity index (χ0v) is 17.0. The normalized spacial score (nSPS) is 15.0. The fourth-order valence-corrected chi connectivity index (χ4v) is 4.08. The zero-order chi connectivity index (χ0) is 21.8. The number of nitriles is 1. The van der Waals surface area contributed by atoms with Gasteiger partial charge >= 0.3 is 5.97 Å². The van der Waals surface area contributed by atoms with Crippen LogP contribution in [-0.2, 0) is 11.3 Å². The Bertz CT molecular complexity index is 1190. The van der Waals surface area contributed by atoms with Crippen LogP contribution in [0.2, 0.25) is 0 Å². The van der Waals surface area contributed by atoms with Crippen molar-refractivity contribution < 1.29 is 19.1 Å². The maximum absolute atomic E-state index is 12.7. The summed E-state index contributed by atoms with van der Waals surface area (Å²) in [6.45, 7) is 0.331. The topological polar surface area (TPSA) is 108 Å². The molecule has 0 spiro atoms. The Morgan fingerprint density at radius 1 is 1.19 bits per heavy atom. The van der Waals surface area contributed by atoms with Crippen molar-refractivity contribution in [2.45, 2.75) is 44.7 Å². The van der Waals surface area contributed by atoms with Gasteiger partial charge in [0.1, 0.15) is 17.4 Å². The first-order valence-electron chi connectivity index (χ1n) is 10.4. The average Bonchev–Trinajstić information content (AvgIpc) is 3.38. The van der Waals surface area contributed by atoms with Gasteiger partial charge in [0, 0.05) is 28.7 Å². The molecule has 1 fully saturated rings. The smallest absolute Gasteiger partial charge is 0.371 e. The highest BCUT2D eigenvalue weighted by Gasteiger charge is 2.19. The minimum Gasteiger partial charge on any atom is -0.475 e. The number of carbonyl (C=O) groups is 2. The van der Waals surface area contributed by atoms with E-state index < -0.39 is 5.97 Å². The van der Waals surface area contributed by atoms with E-state index in [1.807, 2.05) is 41.1 Å². The molecule has 7 nitrogen and oxygen atoms in total. The van der Waals surface area contributed by atoms with Gasteiger partial charge in [0.25, 0.3) is 5.91 Å². The molecule has 0 saturated heterocycles. The lowest BCUT2D eigenvalue weighted by molar-refractivity contribution is -0.117. The van der Waals surface area contributed by atoms with Crippen LogP contribution >= 0.6 is 0 Å². The molecule has 1 amide bonds. The molecule has 0 atom stereocenters. The van der Waals surface area contributed by atoms with Gasteiger partial charge < -0.3 is 19.4 Å². The Kier molecular flexibility index (Phi) is 5.89. The molecule has 1 aromatic carbocycles. The number of aromatic nitrogens is 1. The largest absolute Gasteiger partial charge is 0.475 e. The monoisotopic (exact) mass is 417 g/mol. The van der Waals surface area contributed by atoms with Gasteiger partial charge in [-0.25, -0.2) is 4.79 Å². The summed E-state index contributed by atoms with van der Waals surface area (Å²) in [6.07, 6.45) is 8.74. The van der Waals surface area contributed by atoms with E-state index in [0.717, 1.165) is 42.1 Å². The quantitative estimate of drug-likeness (QED) is 0.458. The van der Waals surface area contributed by atoms with Crippen molar-refractivity contribution in [1.29, 1.82) is 5.26 Å². The van der Waals surface area contributed by atoms with Crippen LogP contribution in [0.15, 0.2) is 52.6 Å². The molecule has 3 aromatic rings. The fourth-order valence-electron chi connectivity index (χ4n) is 4.08. The Morgan fingerprint density at radius 2 is 1.97 bits per heavy atom. The number of amides is 1. The molecule has 158 valence electrons. The van der Waals surface area contributed by atoms with E-state index in [4.69, 9.17) is 9.52 Å². The molecule has 7 heteroatoms. The summed E-state index contributed by atoms with van der Waals surface area (Å²) in [5.74, 6) is -1.07. The van der Waals surface area contributed by atoms with Gasteiger partial charge in [-0.2, -0.15) is 5.26 Å². The predicted molar refractivity (Wildman–Crippen MR) is 115 cm³/mol. The van der Waals surface area contributed by atoms with Gasteiger partial charge in [-0.3, -0.25) is 4.79 Å². The van der Waals surface area contributed by atoms with Gasteiger partial charge in [-0.15, -0.1) is 0 Å². The number of carbonyl (C=O) groups excluding carboxylic acids is 1. The number of para-hydroxylation sites is 1. The van der Waals surface area contributed by atoms with Gasteiger partial charge in [-0.05, 0) is 37.1 Å². The molecule has 0 aliphatic heterocycles. The molecule has 1 aliphatic rings. The Morgan fingerprint density at radius 3 is 2.68 bits per heavy atom. The highest BCUT2D eigenvalue weighted by molar-refractivity contribution is 6.04. The van der Waals surface area contributed by atoms with Crippen LogP contribution in [-0.4, -0.2) is 27.6 Å². The predicted octanol–water partition coefficient (Wildman–Crippen LogP) is 4.34. The minimum atomic E-state index is -1.12. The van der Waals surface area contributed by atoms with E-state index >= 15 is 0 Å². The van der Waals surface area contributed by atoms with Crippen molar-refractivity contribution in [2.24, 2.45) is 0 Å². The molecule has 0 unspecified atom stereocenters. The molecule has 2 aromatic heterocycles. The third-order valence-corrected chi connectivity index (χ3v) is 5.62. The van der Waals surface area contributed by atoms with E-state index in [1.54, 1.807) is 12.1 Å². The molecular weight excluding hydrogens is 394 g/mol. The summed E-state index contributed by atoms with van der Waals surface area (Å²) in [4.78, 5) is 23.7. The molecule has 4 rings (SSSR count). The Labute approximate surface area is 179 Å². The zero-order valence-electron chi connectivity index (χ0n) is 17.0. The van der Waals surface area contributed by atoms with Crippen LogP contribution in [0.5, 0.6) is 0 Å². The lowest BCUT2D eigenvalue weighted by Gasteiger charge is -2.22. The van der Waals surface area contributed by atoms with Crippen molar-refractivity contribution in [3.05, 3.63) is 65.3 Å². The maximum atomic E-state index is 12.7. The number of rotatable bonds is 6. The molecular formula is C24H23N3O4. The lowest BCUT2D eigenvalue weighted by Crippen LogP contribution is -2.36. The number of carboxylic acids is 1. The second-order valence-electron chi connectivity index (χ2n) is 7.78. The first-order valence-corrected chi connectivity index (χ1v) is 10.4. The SMILES string of the molecule is N#CC(=Cc1cn(Cc2ccc(C(=O)O)o2)c2ccccc12)C(=O)NC1CCCCC1. The van der Waals surface area contributed by atoms with Crippen LogP contribution in [0.4, 0.5) is 0 Å². The second kappa shape index (κ2) is 8.92. The first-order chi connectivity index (χ1) is 15.0. The molecule has 31 heavy (non-hydrogen) atoms. The minimum absolute atomic E-state index is 0.0691. The Hall–Kier alpha value is -3.79. The number of nitrogens with zero attached hydrogens (tertiary/aromatic N) is 2. The van der Waals surface area contributed by atoms with Gasteiger partial charge in [0.2, 0.25) is 5.76 Å². The molecule has 2 heterocycles. The number of furan rings is 1. The summed E-state index contributed by atoms with van der Waals surface area (Å²) >= 11 is 0. The number of fused-ring (bicyclic) bond motifs is 1. The van der Waals surface area contributed by atoms with Crippen molar-refractivity contribution in [2.75, 3.05) is 0 Å². The van der Waals surface area contributed by atoms with Crippen LogP contribution in [0.25, 0.3) is 17.0 Å². The summed E-state index contributed by atoms with van der Waals surface area (Å²) in [7, 11) is 0. The van der Waals surface area contributed by atoms with Crippen LogP contribution in [0.3, 0.4) is 0 Å². The highest BCUT2D eigenvalue weighted by atomic mass is 16.4. The van der Waals surface area contributed by atoms with E-state index in [-0.39, 0.29) is 23.3 Å². The fraction of sp³-hybridized carbons (Fsp3) is 0.292. The molecule has 0 radical (unpaired) electrons. The van der Waals surface area contributed by atoms with Crippen molar-refractivity contribution in [3.63, 3.8) is 0 Å². The third kappa shape index (κ3) is 4.53. The highest BCUT2D eigenvalue weighted by Crippen LogP contribution is 2.25. The Balaban J connectivity index is 1.62.